The minimum atomic E-state index is 0.394. The van der Waals surface area contributed by atoms with Gasteiger partial charge in [0.25, 0.3) is 0 Å². The fourth-order valence-corrected chi connectivity index (χ4v) is 1.22. The first kappa shape index (κ1) is 7.56. The normalized spacial score (nSPS) is 22.4. The Labute approximate surface area is 72.7 Å². The Morgan fingerprint density at radius 2 is 2.08 bits per heavy atom. The van der Waals surface area contributed by atoms with Crippen LogP contribution in [0.15, 0.2) is 35.9 Å². The van der Waals surface area contributed by atoms with Crippen molar-refractivity contribution in [3.8, 4) is 0 Å². The van der Waals surface area contributed by atoms with Gasteiger partial charge in [-0.15, -0.1) is 0 Å². The maximum Gasteiger partial charge on any atom is 0.102 e. The minimum Gasteiger partial charge on any atom is -0.368 e. The summed E-state index contributed by atoms with van der Waals surface area (Å²) in [7, 11) is 0. The smallest absolute Gasteiger partial charge is 0.102 e. The highest BCUT2D eigenvalue weighted by molar-refractivity contribution is 5.53. The summed E-state index contributed by atoms with van der Waals surface area (Å²) < 4.78 is 5.17. The molecule has 1 saturated heterocycles. The van der Waals surface area contributed by atoms with Gasteiger partial charge in [0.1, 0.15) is 6.10 Å². The van der Waals surface area contributed by atoms with Gasteiger partial charge in [-0.3, -0.25) is 0 Å². The van der Waals surface area contributed by atoms with Crippen molar-refractivity contribution in [2.45, 2.75) is 13.0 Å². The molecule has 1 aromatic rings. The van der Waals surface area contributed by atoms with Gasteiger partial charge in [0.2, 0.25) is 0 Å². The fourth-order valence-electron chi connectivity index (χ4n) is 1.22. The van der Waals surface area contributed by atoms with Crippen LogP contribution < -0.4 is 0 Å². The average molecular weight is 160 g/mol. The second kappa shape index (κ2) is 3.11. The lowest BCUT2D eigenvalue weighted by Gasteiger charge is -1.95. The number of rotatable bonds is 2. The Kier molecular flexibility index (Phi) is 1.96. The van der Waals surface area contributed by atoms with Gasteiger partial charge < -0.3 is 4.74 Å². The van der Waals surface area contributed by atoms with Crippen LogP contribution in [0.5, 0.6) is 0 Å². The van der Waals surface area contributed by atoms with Crippen LogP contribution in [0.1, 0.15) is 12.5 Å². The molecule has 0 amide bonds. The maximum absolute atomic E-state index is 5.17. The van der Waals surface area contributed by atoms with Crippen LogP contribution in [0.4, 0.5) is 0 Å². The molecule has 1 nitrogen and oxygen atoms in total. The molecule has 1 aliphatic rings. The number of epoxide rings is 1. The molecule has 0 spiro atoms. The minimum absolute atomic E-state index is 0.394. The molecule has 1 heteroatoms. The predicted octanol–water partition coefficient (Wildman–Crippen LogP) is 2.49. The first-order chi connectivity index (χ1) is 5.86. The number of benzene rings is 1. The largest absolute Gasteiger partial charge is 0.368 e. The lowest BCUT2D eigenvalue weighted by Crippen LogP contribution is -1.85. The van der Waals surface area contributed by atoms with E-state index in [1.807, 2.05) is 18.2 Å². The standard InChI is InChI=1S/C11H12O/c1-9(11-8-12-11)7-10-5-3-2-4-6-10/h2-7,11H,8H2,1H3/b9-7-/t11-/m0/s1. The molecule has 0 N–H and O–H groups in total. The van der Waals surface area contributed by atoms with Crippen molar-refractivity contribution in [1.29, 1.82) is 0 Å². The van der Waals surface area contributed by atoms with Crippen LogP contribution >= 0.6 is 0 Å². The highest BCUT2D eigenvalue weighted by atomic mass is 16.6. The van der Waals surface area contributed by atoms with E-state index in [-0.39, 0.29) is 0 Å². The van der Waals surface area contributed by atoms with Crippen molar-refractivity contribution in [3.05, 3.63) is 41.5 Å². The van der Waals surface area contributed by atoms with E-state index in [0.717, 1.165) is 6.61 Å². The molecule has 0 saturated carbocycles. The molecule has 1 fully saturated rings. The van der Waals surface area contributed by atoms with Crippen molar-refractivity contribution < 1.29 is 4.74 Å². The van der Waals surface area contributed by atoms with Crippen LogP contribution in [-0.4, -0.2) is 12.7 Å². The van der Waals surface area contributed by atoms with Crippen molar-refractivity contribution in [2.75, 3.05) is 6.61 Å². The molecule has 1 atom stereocenters. The summed E-state index contributed by atoms with van der Waals surface area (Å²) in [6.45, 7) is 3.01. The van der Waals surface area contributed by atoms with Gasteiger partial charge in [-0.05, 0) is 18.1 Å². The van der Waals surface area contributed by atoms with Crippen molar-refractivity contribution >= 4 is 6.08 Å². The second-order valence-corrected chi connectivity index (χ2v) is 3.12. The Balaban J connectivity index is 2.15. The van der Waals surface area contributed by atoms with Gasteiger partial charge in [-0.1, -0.05) is 36.4 Å². The Hall–Kier alpha value is -1.08. The molecule has 2 rings (SSSR count). The fraction of sp³-hybridized carbons (Fsp3) is 0.273. The van der Waals surface area contributed by atoms with Gasteiger partial charge in [-0.25, -0.2) is 0 Å². The van der Waals surface area contributed by atoms with Crippen LogP contribution in [0, 0.1) is 0 Å². The third-order valence-corrected chi connectivity index (χ3v) is 2.04. The van der Waals surface area contributed by atoms with Crippen LogP contribution in [0.2, 0.25) is 0 Å². The van der Waals surface area contributed by atoms with Gasteiger partial charge in [0.05, 0.1) is 6.61 Å². The van der Waals surface area contributed by atoms with E-state index in [1.165, 1.54) is 11.1 Å². The highest BCUT2D eigenvalue weighted by Gasteiger charge is 2.23. The first-order valence-electron chi connectivity index (χ1n) is 4.21. The van der Waals surface area contributed by atoms with Crippen molar-refractivity contribution in [2.24, 2.45) is 0 Å². The molecule has 62 valence electrons. The quantitative estimate of drug-likeness (QED) is 0.605. The van der Waals surface area contributed by atoms with Crippen LogP contribution in [0.3, 0.4) is 0 Å². The molecule has 0 bridgehead atoms. The molecule has 0 unspecified atom stereocenters. The molecule has 0 aromatic heterocycles. The highest BCUT2D eigenvalue weighted by Crippen LogP contribution is 2.20. The summed E-state index contributed by atoms with van der Waals surface area (Å²) in [5.41, 5.74) is 2.58. The Bertz CT molecular complexity index is 283. The maximum atomic E-state index is 5.17. The zero-order chi connectivity index (χ0) is 8.39. The van der Waals surface area contributed by atoms with E-state index >= 15 is 0 Å². The first-order valence-corrected chi connectivity index (χ1v) is 4.21. The van der Waals surface area contributed by atoms with Gasteiger partial charge in [-0.2, -0.15) is 0 Å². The van der Waals surface area contributed by atoms with Gasteiger partial charge in [0, 0.05) is 0 Å². The number of hydrogen-bond acceptors (Lipinski definition) is 1. The topological polar surface area (TPSA) is 12.5 Å². The molecule has 0 aliphatic carbocycles. The number of hydrogen-bond donors (Lipinski definition) is 0. The summed E-state index contributed by atoms with van der Waals surface area (Å²) >= 11 is 0. The van der Waals surface area contributed by atoms with Crippen LogP contribution in [-0.2, 0) is 4.74 Å². The molecule has 12 heavy (non-hydrogen) atoms. The monoisotopic (exact) mass is 160 g/mol. The third kappa shape index (κ3) is 1.74. The SMILES string of the molecule is C/C(=C/c1ccccc1)[C@@H]1CO1. The van der Waals surface area contributed by atoms with Crippen LogP contribution in [0.25, 0.3) is 6.08 Å². The summed E-state index contributed by atoms with van der Waals surface area (Å²) in [5, 5.41) is 0. The van der Waals surface area contributed by atoms with E-state index < -0.39 is 0 Å². The third-order valence-electron chi connectivity index (χ3n) is 2.04. The van der Waals surface area contributed by atoms with E-state index in [1.54, 1.807) is 0 Å². The van der Waals surface area contributed by atoms with E-state index in [2.05, 4.69) is 25.1 Å². The van der Waals surface area contributed by atoms with E-state index in [0.29, 0.717) is 6.10 Å². The van der Waals surface area contributed by atoms with Gasteiger partial charge >= 0.3 is 0 Å². The van der Waals surface area contributed by atoms with Crippen molar-refractivity contribution in [3.63, 3.8) is 0 Å². The van der Waals surface area contributed by atoms with Gasteiger partial charge in [0.15, 0.2) is 0 Å². The Morgan fingerprint density at radius 3 is 2.67 bits per heavy atom. The number of ether oxygens (including phenoxy) is 1. The molecular weight excluding hydrogens is 148 g/mol. The Morgan fingerprint density at radius 1 is 1.42 bits per heavy atom. The molecule has 1 aliphatic heterocycles. The summed E-state index contributed by atoms with van der Waals surface area (Å²) in [4.78, 5) is 0. The molecular formula is C11H12O. The zero-order valence-corrected chi connectivity index (χ0v) is 7.16. The lowest BCUT2D eigenvalue weighted by atomic mass is 10.1. The summed E-state index contributed by atoms with van der Waals surface area (Å²) in [6.07, 6.45) is 2.57. The average Bonchev–Trinajstić information content (AvgIpc) is 2.88. The predicted molar refractivity (Wildman–Crippen MR) is 49.8 cm³/mol. The van der Waals surface area contributed by atoms with Crippen molar-refractivity contribution in [1.82, 2.24) is 0 Å². The molecule has 0 radical (unpaired) electrons. The summed E-state index contributed by atoms with van der Waals surface area (Å²) in [5.74, 6) is 0. The zero-order valence-electron chi connectivity index (χ0n) is 7.16. The summed E-state index contributed by atoms with van der Waals surface area (Å²) in [6, 6.07) is 10.3. The molecule has 1 heterocycles. The second-order valence-electron chi connectivity index (χ2n) is 3.12. The van der Waals surface area contributed by atoms with E-state index in [9.17, 15) is 0 Å². The molecule has 1 aromatic carbocycles. The lowest BCUT2D eigenvalue weighted by molar-refractivity contribution is 0.432. The van der Waals surface area contributed by atoms with E-state index in [4.69, 9.17) is 4.74 Å².